The summed E-state index contributed by atoms with van der Waals surface area (Å²) in [6, 6.07) is 17.8. The number of halogens is 1. The highest BCUT2D eigenvalue weighted by atomic mass is 35.5. The number of para-hydroxylation sites is 1. The molecular formula is C17H14ClNO. The fourth-order valence-corrected chi connectivity index (χ4v) is 2.64. The first-order valence-corrected chi connectivity index (χ1v) is 7.10. The number of Topliss-reactive ketones (excluding diaryl/α,β-unsaturated/α-hetero) is 1. The SMILES string of the molecule is O=C(CCCl)c1c(-c2ccccc2)[nH]c2ccccc12. The molecule has 0 aliphatic rings. The second-order valence-electron chi connectivity index (χ2n) is 4.65. The summed E-state index contributed by atoms with van der Waals surface area (Å²) in [5.74, 6) is 0.420. The van der Waals surface area contributed by atoms with Gasteiger partial charge in [-0.15, -0.1) is 11.6 Å². The van der Waals surface area contributed by atoms with Crippen molar-refractivity contribution >= 4 is 28.3 Å². The minimum atomic E-state index is 0.0799. The number of fused-ring (bicyclic) bond motifs is 1. The number of aromatic nitrogens is 1. The molecule has 100 valence electrons. The van der Waals surface area contributed by atoms with Gasteiger partial charge in [0.1, 0.15) is 0 Å². The number of aromatic amines is 1. The maximum Gasteiger partial charge on any atom is 0.166 e. The Bertz CT molecular complexity index is 746. The van der Waals surface area contributed by atoms with Gasteiger partial charge in [-0.2, -0.15) is 0 Å². The fraction of sp³-hybridized carbons (Fsp3) is 0.118. The lowest BCUT2D eigenvalue weighted by molar-refractivity contribution is 0.0991. The fourth-order valence-electron chi connectivity index (χ4n) is 2.46. The predicted octanol–water partition coefficient (Wildman–Crippen LogP) is 4.65. The van der Waals surface area contributed by atoms with Crippen LogP contribution in [0.1, 0.15) is 16.8 Å². The third-order valence-electron chi connectivity index (χ3n) is 3.37. The molecule has 0 bridgehead atoms. The number of alkyl halides is 1. The molecule has 0 amide bonds. The van der Waals surface area contributed by atoms with Crippen molar-refractivity contribution in [2.24, 2.45) is 0 Å². The molecule has 0 radical (unpaired) electrons. The first-order chi connectivity index (χ1) is 9.81. The molecule has 0 unspecified atom stereocenters. The second kappa shape index (κ2) is 5.51. The van der Waals surface area contributed by atoms with Gasteiger partial charge in [0.2, 0.25) is 0 Å². The van der Waals surface area contributed by atoms with Crippen LogP contribution in [0.25, 0.3) is 22.2 Å². The molecule has 3 aromatic rings. The van der Waals surface area contributed by atoms with Gasteiger partial charge in [0.25, 0.3) is 0 Å². The molecule has 2 aromatic carbocycles. The number of benzene rings is 2. The summed E-state index contributed by atoms with van der Waals surface area (Å²) >= 11 is 5.73. The van der Waals surface area contributed by atoms with E-state index in [1.54, 1.807) is 0 Å². The Hall–Kier alpha value is -2.06. The molecule has 0 fully saturated rings. The lowest BCUT2D eigenvalue weighted by Gasteiger charge is -2.03. The smallest absolute Gasteiger partial charge is 0.166 e. The van der Waals surface area contributed by atoms with E-state index < -0.39 is 0 Å². The van der Waals surface area contributed by atoms with Crippen LogP contribution in [-0.2, 0) is 0 Å². The normalized spacial score (nSPS) is 10.8. The van der Waals surface area contributed by atoms with Crippen molar-refractivity contribution < 1.29 is 4.79 Å². The molecule has 20 heavy (non-hydrogen) atoms. The number of carbonyl (C=O) groups excluding carboxylic acids is 1. The zero-order chi connectivity index (χ0) is 13.9. The van der Waals surface area contributed by atoms with Gasteiger partial charge < -0.3 is 4.98 Å². The summed E-state index contributed by atoms with van der Waals surface area (Å²) in [4.78, 5) is 15.8. The minimum Gasteiger partial charge on any atom is -0.354 e. The van der Waals surface area contributed by atoms with Crippen LogP contribution >= 0.6 is 11.6 Å². The molecule has 0 aliphatic carbocycles. The first-order valence-electron chi connectivity index (χ1n) is 6.56. The van der Waals surface area contributed by atoms with Crippen molar-refractivity contribution in [1.29, 1.82) is 0 Å². The van der Waals surface area contributed by atoms with Crippen LogP contribution in [0.5, 0.6) is 0 Å². The highest BCUT2D eigenvalue weighted by Crippen LogP contribution is 2.31. The zero-order valence-corrected chi connectivity index (χ0v) is 11.7. The zero-order valence-electron chi connectivity index (χ0n) is 10.9. The third-order valence-corrected chi connectivity index (χ3v) is 3.56. The van der Waals surface area contributed by atoms with Crippen molar-refractivity contribution in [3.63, 3.8) is 0 Å². The molecule has 0 aliphatic heterocycles. The Morgan fingerprint density at radius 1 is 1.00 bits per heavy atom. The van der Waals surface area contributed by atoms with Crippen molar-refractivity contribution in [3.8, 4) is 11.3 Å². The van der Waals surface area contributed by atoms with Gasteiger partial charge in [0.15, 0.2) is 5.78 Å². The van der Waals surface area contributed by atoms with E-state index in [1.165, 1.54) is 0 Å². The highest BCUT2D eigenvalue weighted by molar-refractivity contribution is 6.21. The maximum absolute atomic E-state index is 12.4. The molecule has 2 nitrogen and oxygen atoms in total. The number of hydrogen-bond donors (Lipinski definition) is 1. The number of nitrogens with one attached hydrogen (secondary N) is 1. The largest absolute Gasteiger partial charge is 0.354 e. The van der Waals surface area contributed by atoms with E-state index in [0.29, 0.717) is 12.3 Å². The van der Waals surface area contributed by atoms with Crippen molar-refractivity contribution in [3.05, 3.63) is 60.2 Å². The van der Waals surface area contributed by atoms with Crippen molar-refractivity contribution in [2.45, 2.75) is 6.42 Å². The third kappa shape index (κ3) is 2.23. The maximum atomic E-state index is 12.4. The summed E-state index contributed by atoms with van der Waals surface area (Å²) in [6.45, 7) is 0. The molecule has 0 spiro atoms. The van der Waals surface area contributed by atoms with Crippen LogP contribution in [0, 0.1) is 0 Å². The van der Waals surface area contributed by atoms with Gasteiger partial charge >= 0.3 is 0 Å². The molecule has 1 heterocycles. The van der Waals surface area contributed by atoms with E-state index in [0.717, 1.165) is 27.7 Å². The molecule has 3 rings (SSSR count). The first kappa shape index (κ1) is 12.9. The summed E-state index contributed by atoms with van der Waals surface area (Å²) < 4.78 is 0. The van der Waals surface area contributed by atoms with Gasteiger partial charge in [-0.05, 0) is 11.6 Å². The molecule has 0 saturated carbocycles. The van der Waals surface area contributed by atoms with Crippen LogP contribution in [0.3, 0.4) is 0 Å². The Morgan fingerprint density at radius 3 is 2.45 bits per heavy atom. The number of rotatable bonds is 4. The van der Waals surface area contributed by atoms with E-state index in [2.05, 4.69) is 4.98 Å². The van der Waals surface area contributed by atoms with E-state index in [-0.39, 0.29) is 5.78 Å². The number of hydrogen-bond acceptors (Lipinski definition) is 1. The lowest BCUT2D eigenvalue weighted by Crippen LogP contribution is -2.01. The summed E-state index contributed by atoms with van der Waals surface area (Å²) in [5, 5.41) is 0.960. The van der Waals surface area contributed by atoms with Gasteiger partial charge in [0.05, 0.1) is 11.3 Å². The second-order valence-corrected chi connectivity index (χ2v) is 5.03. The average molecular weight is 284 g/mol. The van der Waals surface area contributed by atoms with Gasteiger partial charge in [-0.25, -0.2) is 0 Å². The summed E-state index contributed by atoms with van der Waals surface area (Å²) in [5.41, 5.74) is 3.61. The molecule has 3 heteroatoms. The summed E-state index contributed by atoms with van der Waals surface area (Å²) in [7, 11) is 0. The Balaban J connectivity index is 2.25. The minimum absolute atomic E-state index is 0.0799. The molecule has 0 atom stereocenters. The predicted molar refractivity (Wildman–Crippen MR) is 83.4 cm³/mol. The molecule has 0 saturated heterocycles. The Labute approximate surface area is 122 Å². The number of H-pyrrole nitrogens is 1. The van der Waals surface area contributed by atoms with Crippen LogP contribution < -0.4 is 0 Å². The number of carbonyl (C=O) groups is 1. The van der Waals surface area contributed by atoms with E-state index in [1.807, 2.05) is 54.6 Å². The van der Waals surface area contributed by atoms with Crippen LogP contribution in [0.15, 0.2) is 54.6 Å². The van der Waals surface area contributed by atoms with Crippen LogP contribution in [-0.4, -0.2) is 16.6 Å². The standard InChI is InChI=1S/C17H14ClNO/c18-11-10-15(20)16-13-8-4-5-9-14(13)19-17(16)12-6-2-1-3-7-12/h1-9,19H,10-11H2. The average Bonchev–Trinajstić information content (AvgIpc) is 2.88. The summed E-state index contributed by atoms with van der Waals surface area (Å²) in [6.07, 6.45) is 0.350. The van der Waals surface area contributed by atoms with Gasteiger partial charge in [-0.3, -0.25) is 4.79 Å². The van der Waals surface area contributed by atoms with Crippen molar-refractivity contribution in [1.82, 2.24) is 4.98 Å². The van der Waals surface area contributed by atoms with E-state index in [4.69, 9.17) is 11.6 Å². The van der Waals surface area contributed by atoms with Crippen molar-refractivity contribution in [2.75, 3.05) is 5.88 Å². The molecule has 1 aromatic heterocycles. The molecule has 1 N–H and O–H groups in total. The van der Waals surface area contributed by atoms with Gasteiger partial charge in [-0.1, -0.05) is 48.5 Å². The quantitative estimate of drug-likeness (QED) is 0.549. The van der Waals surface area contributed by atoms with E-state index >= 15 is 0 Å². The van der Waals surface area contributed by atoms with E-state index in [9.17, 15) is 4.79 Å². The Morgan fingerprint density at radius 2 is 1.70 bits per heavy atom. The Kier molecular flexibility index (Phi) is 3.57. The topological polar surface area (TPSA) is 32.9 Å². The van der Waals surface area contributed by atoms with Gasteiger partial charge in [0, 0.05) is 23.2 Å². The number of ketones is 1. The molecular weight excluding hydrogens is 270 g/mol. The highest BCUT2D eigenvalue weighted by Gasteiger charge is 2.18. The lowest BCUT2D eigenvalue weighted by atomic mass is 10.0. The van der Waals surface area contributed by atoms with Crippen LogP contribution in [0.2, 0.25) is 0 Å². The monoisotopic (exact) mass is 283 g/mol. The van der Waals surface area contributed by atoms with Crippen LogP contribution in [0.4, 0.5) is 0 Å².